The minimum Gasteiger partial charge on any atom is -0.508 e. The highest BCUT2D eigenvalue weighted by molar-refractivity contribution is 5.75. The third-order valence-electron chi connectivity index (χ3n) is 4.01. The normalized spacial score (nSPS) is 12.7. The summed E-state index contributed by atoms with van der Waals surface area (Å²) >= 11 is 0. The summed E-state index contributed by atoms with van der Waals surface area (Å²) in [6, 6.07) is 7.32. The van der Waals surface area contributed by atoms with Gasteiger partial charge in [0.1, 0.15) is 12.3 Å². The van der Waals surface area contributed by atoms with Crippen LogP contribution in [0, 0.1) is 6.92 Å². The first kappa shape index (κ1) is 19.6. The number of hydrogen-bond acceptors (Lipinski definition) is 3. The maximum absolute atomic E-state index is 12.8. The second-order valence-corrected chi connectivity index (χ2v) is 6.11. The predicted molar refractivity (Wildman–Crippen MR) is 90.0 cm³/mol. The molecule has 1 unspecified atom stereocenters. The van der Waals surface area contributed by atoms with Gasteiger partial charge in [0, 0.05) is 18.3 Å². The highest BCUT2D eigenvalue weighted by Crippen LogP contribution is 2.30. The first-order valence-electron chi connectivity index (χ1n) is 7.92. The van der Waals surface area contributed by atoms with E-state index in [9.17, 15) is 27.9 Å². The number of aryl methyl sites for hydroxylation is 1. The van der Waals surface area contributed by atoms with Crippen molar-refractivity contribution < 1.29 is 23.1 Å². The molecule has 1 amide bonds. The summed E-state index contributed by atoms with van der Waals surface area (Å²) in [4.78, 5) is 23.9. The molecule has 0 saturated heterocycles. The van der Waals surface area contributed by atoms with E-state index in [0.717, 1.165) is 18.2 Å². The Morgan fingerprint density at radius 1 is 1.27 bits per heavy atom. The minimum absolute atomic E-state index is 0.131. The van der Waals surface area contributed by atoms with Crippen molar-refractivity contribution in [2.75, 3.05) is 6.54 Å². The topological polar surface area (TPSA) is 71.3 Å². The molecule has 140 valence electrons. The van der Waals surface area contributed by atoms with Crippen LogP contribution in [0.2, 0.25) is 0 Å². The lowest BCUT2D eigenvalue weighted by Crippen LogP contribution is -2.34. The zero-order valence-corrected chi connectivity index (χ0v) is 14.3. The molecule has 0 fully saturated rings. The van der Waals surface area contributed by atoms with E-state index in [1.165, 1.54) is 16.7 Å². The number of aromatic nitrogens is 1. The predicted octanol–water partition coefficient (Wildman–Crippen LogP) is 2.80. The number of hydrogen-bond donors (Lipinski definition) is 2. The van der Waals surface area contributed by atoms with Crippen LogP contribution in [-0.4, -0.2) is 22.1 Å². The third-order valence-corrected chi connectivity index (χ3v) is 4.01. The van der Waals surface area contributed by atoms with Crippen LogP contribution in [0.25, 0.3) is 0 Å². The van der Waals surface area contributed by atoms with Crippen LogP contribution in [0.5, 0.6) is 5.75 Å². The SMILES string of the molecule is Cc1cc(O)cc(=O)n1CC(=O)NCC(C)c1cccc(C(F)(F)F)c1. The second-order valence-electron chi connectivity index (χ2n) is 6.11. The van der Waals surface area contributed by atoms with Crippen molar-refractivity contribution in [1.82, 2.24) is 9.88 Å². The van der Waals surface area contributed by atoms with Crippen LogP contribution in [0.3, 0.4) is 0 Å². The second kappa shape index (κ2) is 7.63. The van der Waals surface area contributed by atoms with Gasteiger partial charge in [0.2, 0.25) is 5.91 Å². The number of nitrogens with one attached hydrogen (secondary N) is 1. The molecule has 0 aliphatic heterocycles. The molecule has 0 spiro atoms. The van der Waals surface area contributed by atoms with E-state index in [-0.39, 0.29) is 24.8 Å². The van der Waals surface area contributed by atoms with Crippen molar-refractivity contribution in [3.8, 4) is 5.75 Å². The molecule has 1 atom stereocenters. The Kier molecular flexibility index (Phi) is 5.74. The molecule has 1 aromatic carbocycles. The van der Waals surface area contributed by atoms with Gasteiger partial charge in [0.05, 0.1) is 5.56 Å². The number of rotatable bonds is 5. The summed E-state index contributed by atoms with van der Waals surface area (Å²) < 4.78 is 39.5. The number of pyridine rings is 1. The number of carbonyl (C=O) groups is 1. The molecule has 0 aliphatic rings. The van der Waals surface area contributed by atoms with Gasteiger partial charge in [-0.2, -0.15) is 13.2 Å². The summed E-state index contributed by atoms with van der Waals surface area (Å²) in [6.07, 6.45) is -4.42. The van der Waals surface area contributed by atoms with Crippen molar-refractivity contribution >= 4 is 5.91 Å². The number of benzene rings is 1. The van der Waals surface area contributed by atoms with Crippen molar-refractivity contribution in [2.45, 2.75) is 32.5 Å². The molecular formula is C18H19F3N2O3. The third kappa shape index (κ3) is 4.87. The molecule has 26 heavy (non-hydrogen) atoms. The lowest BCUT2D eigenvalue weighted by Gasteiger charge is -2.16. The van der Waals surface area contributed by atoms with E-state index in [1.54, 1.807) is 19.9 Å². The quantitative estimate of drug-likeness (QED) is 0.853. The van der Waals surface area contributed by atoms with Crippen LogP contribution in [0.1, 0.15) is 29.7 Å². The maximum atomic E-state index is 12.8. The van der Waals surface area contributed by atoms with Gasteiger partial charge in [0.25, 0.3) is 5.56 Å². The van der Waals surface area contributed by atoms with Crippen LogP contribution in [0.4, 0.5) is 13.2 Å². The van der Waals surface area contributed by atoms with Gasteiger partial charge in [-0.05, 0) is 30.5 Å². The fourth-order valence-electron chi connectivity index (χ4n) is 2.52. The zero-order valence-electron chi connectivity index (χ0n) is 14.3. The van der Waals surface area contributed by atoms with Crippen LogP contribution < -0.4 is 10.9 Å². The van der Waals surface area contributed by atoms with E-state index in [2.05, 4.69) is 5.32 Å². The standard InChI is InChI=1S/C18H19F3N2O3/c1-11(13-4-3-5-14(7-13)18(19,20)21)9-22-16(25)10-23-12(2)6-15(24)8-17(23)26/h3-8,11,24H,9-10H2,1-2H3,(H,22,25). The summed E-state index contributed by atoms with van der Waals surface area (Å²) in [5.41, 5.74) is -0.364. The number of halogens is 3. The molecule has 0 radical (unpaired) electrons. The Labute approximate surface area is 148 Å². The maximum Gasteiger partial charge on any atom is 0.416 e. The van der Waals surface area contributed by atoms with Gasteiger partial charge in [-0.25, -0.2) is 0 Å². The molecule has 1 heterocycles. The number of carbonyl (C=O) groups excluding carboxylic acids is 1. The van der Waals surface area contributed by atoms with E-state index >= 15 is 0 Å². The van der Waals surface area contributed by atoms with Crippen molar-refractivity contribution in [2.24, 2.45) is 0 Å². The zero-order chi connectivity index (χ0) is 19.5. The first-order chi connectivity index (χ1) is 12.1. The van der Waals surface area contributed by atoms with Gasteiger partial charge in [0.15, 0.2) is 0 Å². The number of amides is 1. The highest BCUT2D eigenvalue weighted by Gasteiger charge is 2.30. The molecule has 2 N–H and O–H groups in total. The molecule has 0 aliphatic carbocycles. The van der Waals surface area contributed by atoms with E-state index in [0.29, 0.717) is 11.3 Å². The smallest absolute Gasteiger partial charge is 0.416 e. The lowest BCUT2D eigenvalue weighted by molar-refractivity contribution is -0.137. The monoisotopic (exact) mass is 368 g/mol. The fourth-order valence-corrected chi connectivity index (χ4v) is 2.52. The Morgan fingerprint density at radius 2 is 1.96 bits per heavy atom. The molecule has 2 rings (SSSR count). The fraction of sp³-hybridized carbons (Fsp3) is 0.333. The van der Waals surface area contributed by atoms with Gasteiger partial charge in [-0.15, -0.1) is 0 Å². The van der Waals surface area contributed by atoms with E-state index < -0.39 is 23.2 Å². The van der Waals surface area contributed by atoms with Gasteiger partial charge in [-0.1, -0.05) is 25.1 Å². The summed E-state index contributed by atoms with van der Waals surface area (Å²) in [7, 11) is 0. The Bertz CT molecular complexity index is 859. The molecule has 1 aromatic heterocycles. The summed E-state index contributed by atoms with van der Waals surface area (Å²) in [5.74, 6) is -0.957. The largest absolute Gasteiger partial charge is 0.508 e. The van der Waals surface area contributed by atoms with Gasteiger partial charge >= 0.3 is 6.18 Å². The van der Waals surface area contributed by atoms with Crippen LogP contribution in [-0.2, 0) is 17.5 Å². The minimum atomic E-state index is -4.42. The number of aromatic hydroxyl groups is 1. The van der Waals surface area contributed by atoms with Gasteiger partial charge in [-0.3, -0.25) is 9.59 Å². The average molecular weight is 368 g/mol. The average Bonchev–Trinajstić information content (AvgIpc) is 2.55. The van der Waals surface area contributed by atoms with E-state index in [1.807, 2.05) is 0 Å². The van der Waals surface area contributed by atoms with Gasteiger partial charge < -0.3 is 15.0 Å². The van der Waals surface area contributed by atoms with Crippen LogP contribution >= 0.6 is 0 Å². The Hall–Kier alpha value is -2.77. The van der Waals surface area contributed by atoms with Crippen LogP contribution in [0.15, 0.2) is 41.2 Å². The van der Waals surface area contributed by atoms with Crippen molar-refractivity contribution in [3.63, 3.8) is 0 Å². The van der Waals surface area contributed by atoms with E-state index in [4.69, 9.17) is 0 Å². The number of nitrogens with zero attached hydrogens (tertiary/aromatic N) is 1. The summed E-state index contributed by atoms with van der Waals surface area (Å²) in [5, 5.41) is 12.0. The van der Waals surface area contributed by atoms with Crippen molar-refractivity contribution in [1.29, 1.82) is 0 Å². The highest BCUT2D eigenvalue weighted by atomic mass is 19.4. The molecule has 0 saturated carbocycles. The van der Waals surface area contributed by atoms with Crippen molar-refractivity contribution in [3.05, 3.63) is 63.6 Å². The summed E-state index contributed by atoms with van der Waals surface area (Å²) in [6.45, 7) is 3.18. The number of alkyl halides is 3. The Morgan fingerprint density at radius 3 is 2.58 bits per heavy atom. The molecule has 8 heteroatoms. The molecule has 2 aromatic rings. The molecule has 5 nitrogen and oxygen atoms in total. The first-order valence-corrected chi connectivity index (χ1v) is 7.92. The molecular weight excluding hydrogens is 349 g/mol. The lowest BCUT2D eigenvalue weighted by atomic mass is 9.99. The molecule has 0 bridgehead atoms. The Balaban J connectivity index is 2.01.